The zero-order valence-corrected chi connectivity index (χ0v) is 17.9. The molecule has 0 spiro atoms. The summed E-state index contributed by atoms with van der Waals surface area (Å²) >= 11 is 6.03. The fourth-order valence-electron chi connectivity index (χ4n) is 3.09. The van der Waals surface area contributed by atoms with Crippen LogP contribution in [-0.4, -0.2) is 33.1 Å². The van der Waals surface area contributed by atoms with E-state index < -0.39 is 5.54 Å². The molecule has 1 aromatic heterocycles. The number of carbonyl (C=O) groups excluding carboxylic acids is 2. The Bertz CT molecular complexity index is 1070. The molecule has 0 bridgehead atoms. The smallest absolute Gasteiger partial charge is 0.270 e. The van der Waals surface area contributed by atoms with E-state index in [1.54, 1.807) is 53.2 Å². The molecule has 7 heteroatoms. The minimum atomic E-state index is -0.490. The number of nitrogens with zero attached hydrogens (tertiary/aromatic N) is 2. The molecule has 1 heterocycles. The lowest BCUT2D eigenvalue weighted by molar-refractivity contribution is 0.0925. The molecule has 0 atom stereocenters. The van der Waals surface area contributed by atoms with Gasteiger partial charge in [0.2, 0.25) is 0 Å². The second-order valence-electron chi connectivity index (χ2n) is 8.00. The Morgan fingerprint density at radius 2 is 1.83 bits per heavy atom. The molecular weight excluding hydrogens is 402 g/mol. The third-order valence-corrected chi connectivity index (χ3v) is 4.82. The van der Waals surface area contributed by atoms with Crippen molar-refractivity contribution < 1.29 is 14.7 Å². The van der Waals surface area contributed by atoms with E-state index in [-0.39, 0.29) is 28.7 Å². The fraction of sp³-hybridized carbons (Fsp3) is 0.261. The molecule has 0 aliphatic heterocycles. The number of hydrogen-bond acceptors (Lipinski definition) is 4. The number of nitrogens with one attached hydrogen (secondary N) is 1. The van der Waals surface area contributed by atoms with Crippen molar-refractivity contribution in [2.75, 3.05) is 6.54 Å². The Balaban J connectivity index is 1.85. The average Bonchev–Trinajstić information content (AvgIpc) is 3.14. The average molecular weight is 426 g/mol. The molecule has 0 unspecified atom stereocenters. The van der Waals surface area contributed by atoms with Gasteiger partial charge in [-0.1, -0.05) is 35.9 Å². The summed E-state index contributed by atoms with van der Waals surface area (Å²) in [6.07, 6.45) is 2.02. The van der Waals surface area contributed by atoms with Crippen molar-refractivity contribution in [2.45, 2.75) is 32.7 Å². The van der Waals surface area contributed by atoms with Gasteiger partial charge in [0.05, 0.1) is 17.3 Å². The molecule has 2 aromatic carbocycles. The van der Waals surface area contributed by atoms with E-state index in [0.29, 0.717) is 23.6 Å². The van der Waals surface area contributed by atoms with Crippen molar-refractivity contribution >= 4 is 23.3 Å². The second kappa shape index (κ2) is 8.71. The first-order valence-electron chi connectivity index (χ1n) is 9.61. The van der Waals surface area contributed by atoms with E-state index in [1.165, 1.54) is 6.20 Å². The number of rotatable bonds is 6. The maximum Gasteiger partial charge on any atom is 0.270 e. The number of hydrogen-bond donors (Lipinski definition) is 2. The standard InChI is InChI=1S/C23H24ClN3O3/c1-23(2,3)27-20(22(30)25-12-11-15-7-9-18(28)10-8-15)19(14-26-27)21(29)16-5-4-6-17(24)13-16/h4-10,13-14,28H,11-12H2,1-3H3,(H,25,30). The SMILES string of the molecule is CC(C)(C)n1ncc(C(=O)c2cccc(Cl)c2)c1C(=O)NCCc1ccc(O)cc1. The maximum atomic E-state index is 13.1. The van der Waals surface area contributed by atoms with Crippen LogP contribution in [0.2, 0.25) is 5.02 Å². The minimum absolute atomic E-state index is 0.195. The zero-order valence-electron chi connectivity index (χ0n) is 17.1. The van der Waals surface area contributed by atoms with Gasteiger partial charge >= 0.3 is 0 Å². The van der Waals surface area contributed by atoms with E-state index in [4.69, 9.17) is 11.6 Å². The third kappa shape index (κ3) is 4.89. The van der Waals surface area contributed by atoms with Crippen LogP contribution in [0.3, 0.4) is 0 Å². The Morgan fingerprint density at radius 3 is 2.47 bits per heavy atom. The van der Waals surface area contributed by atoms with Crippen LogP contribution in [0.5, 0.6) is 5.75 Å². The summed E-state index contributed by atoms with van der Waals surface area (Å²) in [5.41, 5.74) is 1.34. The summed E-state index contributed by atoms with van der Waals surface area (Å²) < 4.78 is 1.57. The number of aromatic nitrogens is 2. The third-order valence-electron chi connectivity index (χ3n) is 4.59. The summed E-state index contributed by atoms with van der Waals surface area (Å²) in [7, 11) is 0. The Morgan fingerprint density at radius 1 is 1.13 bits per heavy atom. The molecule has 0 aliphatic rings. The molecule has 0 aliphatic carbocycles. The molecule has 0 saturated heterocycles. The maximum absolute atomic E-state index is 13.1. The van der Waals surface area contributed by atoms with E-state index in [9.17, 15) is 14.7 Å². The Kier molecular flexibility index (Phi) is 6.27. The van der Waals surface area contributed by atoms with Crippen molar-refractivity contribution in [3.05, 3.63) is 82.1 Å². The first-order valence-corrected chi connectivity index (χ1v) is 9.99. The topological polar surface area (TPSA) is 84.2 Å². The van der Waals surface area contributed by atoms with Crippen molar-refractivity contribution in [1.82, 2.24) is 15.1 Å². The van der Waals surface area contributed by atoms with Gasteiger partial charge in [0, 0.05) is 17.1 Å². The van der Waals surface area contributed by atoms with Gasteiger partial charge in [0.15, 0.2) is 5.78 Å². The van der Waals surface area contributed by atoms with Crippen LogP contribution in [0.25, 0.3) is 0 Å². The summed E-state index contributed by atoms with van der Waals surface area (Å²) in [6.45, 7) is 6.13. The van der Waals surface area contributed by atoms with Gasteiger partial charge < -0.3 is 10.4 Å². The first-order chi connectivity index (χ1) is 14.2. The first kappa shape index (κ1) is 21.6. The largest absolute Gasteiger partial charge is 0.508 e. The predicted molar refractivity (Wildman–Crippen MR) is 116 cm³/mol. The zero-order chi connectivity index (χ0) is 21.9. The van der Waals surface area contributed by atoms with Crippen LogP contribution in [0.4, 0.5) is 0 Å². The molecule has 1 amide bonds. The number of benzene rings is 2. The molecule has 0 radical (unpaired) electrons. The van der Waals surface area contributed by atoms with E-state index >= 15 is 0 Å². The number of halogens is 1. The van der Waals surface area contributed by atoms with Crippen LogP contribution in [0.1, 0.15) is 52.7 Å². The van der Waals surface area contributed by atoms with E-state index in [1.807, 2.05) is 20.8 Å². The highest BCUT2D eigenvalue weighted by Crippen LogP contribution is 2.23. The summed E-state index contributed by atoms with van der Waals surface area (Å²) in [6, 6.07) is 13.4. The van der Waals surface area contributed by atoms with Crippen LogP contribution < -0.4 is 5.32 Å². The molecule has 156 valence electrons. The number of phenolic OH excluding ortho intramolecular Hbond substituents is 1. The van der Waals surface area contributed by atoms with Crippen molar-refractivity contribution in [1.29, 1.82) is 0 Å². The normalized spacial score (nSPS) is 11.3. The highest BCUT2D eigenvalue weighted by molar-refractivity contribution is 6.31. The van der Waals surface area contributed by atoms with E-state index in [2.05, 4.69) is 10.4 Å². The summed E-state index contributed by atoms with van der Waals surface area (Å²) in [5, 5.41) is 17.0. The highest BCUT2D eigenvalue weighted by atomic mass is 35.5. The summed E-state index contributed by atoms with van der Waals surface area (Å²) in [5.74, 6) is -0.482. The fourth-order valence-corrected chi connectivity index (χ4v) is 3.28. The highest BCUT2D eigenvalue weighted by Gasteiger charge is 2.29. The summed E-state index contributed by atoms with van der Waals surface area (Å²) in [4.78, 5) is 26.1. The van der Waals surface area contributed by atoms with Crippen molar-refractivity contribution in [3.8, 4) is 5.75 Å². The van der Waals surface area contributed by atoms with Crippen LogP contribution in [-0.2, 0) is 12.0 Å². The number of ketones is 1. The molecule has 0 saturated carbocycles. The van der Waals surface area contributed by atoms with Crippen LogP contribution in [0.15, 0.2) is 54.7 Å². The Hall–Kier alpha value is -3.12. The van der Waals surface area contributed by atoms with Gasteiger partial charge in [-0.3, -0.25) is 14.3 Å². The molecule has 30 heavy (non-hydrogen) atoms. The lowest BCUT2D eigenvalue weighted by atomic mass is 10.0. The number of carbonyl (C=O) groups is 2. The van der Waals surface area contributed by atoms with Gasteiger partial charge in [-0.2, -0.15) is 5.10 Å². The molecule has 3 aromatic rings. The van der Waals surface area contributed by atoms with Gasteiger partial charge in [-0.25, -0.2) is 0 Å². The van der Waals surface area contributed by atoms with Crippen LogP contribution in [0, 0.1) is 0 Å². The number of amides is 1. The van der Waals surface area contributed by atoms with Crippen molar-refractivity contribution in [2.24, 2.45) is 0 Å². The Labute approximate surface area is 180 Å². The number of phenols is 1. The lowest BCUT2D eigenvalue weighted by Gasteiger charge is -2.22. The number of aromatic hydroxyl groups is 1. The molecule has 3 rings (SSSR count). The monoisotopic (exact) mass is 425 g/mol. The van der Waals surface area contributed by atoms with Gasteiger partial charge in [-0.05, 0) is 57.0 Å². The second-order valence-corrected chi connectivity index (χ2v) is 8.44. The molecule has 0 fully saturated rings. The van der Waals surface area contributed by atoms with Gasteiger partial charge in [0.1, 0.15) is 11.4 Å². The predicted octanol–water partition coefficient (Wildman–Crippen LogP) is 4.20. The molecule has 6 nitrogen and oxygen atoms in total. The quantitative estimate of drug-likeness (QED) is 0.579. The van der Waals surface area contributed by atoms with Gasteiger partial charge in [-0.15, -0.1) is 0 Å². The minimum Gasteiger partial charge on any atom is -0.508 e. The van der Waals surface area contributed by atoms with E-state index in [0.717, 1.165) is 5.56 Å². The van der Waals surface area contributed by atoms with Crippen molar-refractivity contribution in [3.63, 3.8) is 0 Å². The molecule has 2 N–H and O–H groups in total. The van der Waals surface area contributed by atoms with Crippen LogP contribution >= 0.6 is 11.6 Å². The lowest BCUT2D eigenvalue weighted by Crippen LogP contribution is -2.34. The van der Waals surface area contributed by atoms with Gasteiger partial charge in [0.25, 0.3) is 5.91 Å². The molecular formula is C23H24ClN3O3.